The third-order valence-corrected chi connectivity index (χ3v) is 0.471. The van der Waals surface area contributed by atoms with Crippen LogP contribution in [0.1, 0.15) is 13.8 Å². The summed E-state index contributed by atoms with van der Waals surface area (Å²) in [7, 11) is 0. The van der Waals surface area contributed by atoms with Crippen molar-refractivity contribution in [3.63, 3.8) is 0 Å². The minimum atomic E-state index is -0.250. The Morgan fingerprint density at radius 3 is 1.88 bits per heavy atom. The molecule has 0 amide bonds. The summed E-state index contributed by atoms with van der Waals surface area (Å²) in [5, 5.41) is 6.89. The molecule has 50 valence electrons. The molecule has 0 atom stereocenters. The second kappa shape index (κ2) is 9.66. The van der Waals surface area contributed by atoms with Crippen LogP contribution in [0.2, 0.25) is 0 Å². The Hall–Kier alpha value is -0.570. The maximum absolute atomic E-state index is 8.36. The predicted octanol–water partition coefficient (Wildman–Crippen LogP) is 0.302. The number of hydrogen-bond acceptors (Lipinski definition) is 2. The van der Waals surface area contributed by atoms with E-state index in [1.54, 1.807) is 0 Å². The van der Waals surface area contributed by atoms with Gasteiger partial charge >= 0.3 is 0 Å². The molecule has 0 aliphatic heterocycles. The van der Waals surface area contributed by atoms with Gasteiger partial charge in [-0.2, -0.15) is 0 Å². The molecule has 3 heteroatoms. The SMILES string of the molecule is CC(C)CN.O=CO. The molecule has 0 unspecified atom stereocenters. The zero-order chi connectivity index (χ0) is 6.99. The molecule has 0 aliphatic carbocycles. The van der Waals surface area contributed by atoms with Gasteiger partial charge in [0.25, 0.3) is 6.47 Å². The van der Waals surface area contributed by atoms with Gasteiger partial charge in [0.1, 0.15) is 0 Å². The van der Waals surface area contributed by atoms with Crippen molar-refractivity contribution in [1.82, 2.24) is 0 Å². The molecule has 0 saturated heterocycles. The lowest BCUT2D eigenvalue weighted by molar-refractivity contribution is -0.122. The Morgan fingerprint density at radius 2 is 1.88 bits per heavy atom. The molecule has 3 nitrogen and oxygen atoms in total. The number of carboxylic acid groups (broad SMARTS) is 1. The van der Waals surface area contributed by atoms with Crippen LogP contribution >= 0.6 is 0 Å². The van der Waals surface area contributed by atoms with Crippen LogP contribution in [-0.4, -0.2) is 18.1 Å². The van der Waals surface area contributed by atoms with Gasteiger partial charge in [-0.1, -0.05) is 13.8 Å². The van der Waals surface area contributed by atoms with Crippen molar-refractivity contribution in [2.24, 2.45) is 11.7 Å². The van der Waals surface area contributed by atoms with E-state index in [2.05, 4.69) is 13.8 Å². The highest BCUT2D eigenvalue weighted by atomic mass is 16.3. The van der Waals surface area contributed by atoms with E-state index in [-0.39, 0.29) is 6.47 Å². The van der Waals surface area contributed by atoms with Gasteiger partial charge in [-0.3, -0.25) is 4.79 Å². The van der Waals surface area contributed by atoms with Crippen LogP contribution in [0.25, 0.3) is 0 Å². The van der Waals surface area contributed by atoms with Crippen molar-refractivity contribution in [2.45, 2.75) is 13.8 Å². The Balaban J connectivity index is 0. The summed E-state index contributed by atoms with van der Waals surface area (Å²) in [6.07, 6.45) is 0. The first-order valence-electron chi connectivity index (χ1n) is 2.47. The van der Waals surface area contributed by atoms with E-state index in [0.717, 1.165) is 6.54 Å². The topological polar surface area (TPSA) is 63.3 Å². The molecule has 0 fully saturated rings. The molecule has 0 saturated carbocycles. The van der Waals surface area contributed by atoms with E-state index in [1.807, 2.05) is 0 Å². The summed E-state index contributed by atoms with van der Waals surface area (Å²) in [5.74, 6) is 0.662. The Kier molecular flexibility index (Phi) is 12.6. The molecule has 0 radical (unpaired) electrons. The van der Waals surface area contributed by atoms with E-state index in [0.29, 0.717) is 5.92 Å². The molecule has 0 bridgehead atoms. The van der Waals surface area contributed by atoms with E-state index < -0.39 is 0 Å². The lowest BCUT2D eigenvalue weighted by Crippen LogP contribution is -2.05. The Morgan fingerprint density at radius 1 is 1.75 bits per heavy atom. The fraction of sp³-hybridized carbons (Fsp3) is 0.800. The van der Waals surface area contributed by atoms with Crippen molar-refractivity contribution in [3.8, 4) is 0 Å². The average molecular weight is 119 g/mol. The predicted molar refractivity (Wildman–Crippen MR) is 32.6 cm³/mol. The number of carbonyl (C=O) groups is 1. The lowest BCUT2D eigenvalue weighted by Gasteiger charge is -1.91. The Bertz CT molecular complexity index is 45.7. The largest absolute Gasteiger partial charge is 0.483 e. The highest BCUT2D eigenvalue weighted by Crippen LogP contribution is 1.81. The molecule has 0 spiro atoms. The summed E-state index contributed by atoms with van der Waals surface area (Å²) in [6, 6.07) is 0. The van der Waals surface area contributed by atoms with Crippen LogP contribution in [-0.2, 0) is 4.79 Å². The summed E-state index contributed by atoms with van der Waals surface area (Å²) in [6.45, 7) is 4.75. The van der Waals surface area contributed by atoms with E-state index in [1.165, 1.54) is 0 Å². The molecular formula is C5H13NO2. The number of hydrogen-bond donors (Lipinski definition) is 2. The minimum Gasteiger partial charge on any atom is -0.483 e. The van der Waals surface area contributed by atoms with E-state index >= 15 is 0 Å². The van der Waals surface area contributed by atoms with Crippen LogP contribution < -0.4 is 5.73 Å². The number of nitrogens with two attached hydrogens (primary N) is 1. The molecular weight excluding hydrogens is 106 g/mol. The van der Waals surface area contributed by atoms with Gasteiger partial charge in [0.15, 0.2) is 0 Å². The summed E-state index contributed by atoms with van der Waals surface area (Å²) in [5.41, 5.74) is 5.17. The van der Waals surface area contributed by atoms with E-state index in [9.17, 15) is 0 Å². The quantitative estimate of drug-likeness (QED) is 0.488. The Labute approximate surface area is 49.5 Å². The van der Waals surface area contributed by atoms with Crippen molar-refractivity contribution < 1.29 is 9.90 Å². The standard InChI is InChI=1S/C4H11N.CH2O2/c1-4(2)3-5;2-1-3/h4H,3,5H2,1-2H3;1H,(H,2,3). The summed E-state index contributed by atoms with van der Waals surface area (Å²) < 4.78 is 0. The van der Waals surface area contributed by atoms with Crippen LogP contribution in [0.4, 0.5) is 0 Å². The minimum absolute atomic E-state index is 0.250. The monoisotopic (exact) mass is 119 g/mol. The first-order valence-corrected chi connectivity index (χ1v) is 2.47. The first-order chi connectivity index (χ1) is 3.68. The van der Waals surface area contributed by atoms with Gasteiger partial charge in [-0.05, 0) is 12.5 Å². The molecule has 8 heavy (non-hydrogen) atoms. The van der Waals surface area contributed by atoms with Crippen LogP contribution in [0.5, 0.6) is 0 Å². The van der Waals surface area contributed by atoms with Gasteiger partial charge in [0.2, 0.25) is 0 Å². The van der Waals surface area contributed by atoms with Crippen molar-refractivity contribution in [2.75, 3.05) is 6.54 Å². The normalized spacial score (nSPS) is 7.50. The molecule has 0 aromatic heterocycles. The van der Waals surface area contributed by atoms with Gasteiger partial charge in [-0.25, -0.2) is 0 Å². The summed E-state index contributed by atoms with van der Waals surface area (Å²) in [4.78, 5) is 8.36. The maximum atomic E-state index is 8.36. The average Bonchev–Trinajstić information content (AvgIpc) is 1.69. The second-order valence-electron chi connectivity index (χ2n) is 1.73. The molecule has 3 N–H and O–H groups in total. The van der Waals surface area contributed by atoms with Crippen LogP contribution in [0.15, 0.2) is 0 Å². The smallest absolute Gasteiger partial charge is 0.290 e. The summed E-state index contributed by atoms with van der Waals surface area (Å²) >= 11 is 0. The lowest BCUT2D eigenvalue weighted by atomic mass is 10.2. The van der Waals surface area contributed by atoms with Gasteiger partial charge in [0, 0.05) is 0 Å². The van der Waals surface area contributed by atoms with Gasteiger partial charge in [0.05, 0.1) is 0 Å². The third-order valence-electron chi connectivity index (χ3n) is 0.471. The molecule has 0 aliphatic rings. The maximum Gasteiger partial charge on any atom is 0.290 e. The zero-order valence-corrected chi connectivity index (χ0v) is 5.29. The van der Waals surface area contributed by atoms with Crippen molar-refractivity contribution in [3.05, 3.63) is 0 Å². The van der Waals surface area contributed by atoms with Gasteiger partial charge in [-0.15, -0.1) is 0 Å². The van der Waals surface area contributed by atoms with Gasteiger partial charge < -0.3 is 10.8 Å². The van der Waals surface area contributed by atoms with Crippen molar-refractivity contribution >= 4 is 6.47 Å². The molecule has 0 aromatic carbocycles. The third kappa shape index (κ3) is 52.1. The van der Waals surface area contributed by atoms with Crippen molar-refractivity contribution in [1.29, 1.82) is 0 Å². The molecule has 0 heterocycles. The molecule has 0 rings (SSSR count). The number of rotatable bonds is 1. The fourth-order valence-corrected chi connectivity index (χ4v) is 0. The van der Waals surface area contributed by atoms with Crippen LogP contribution in [0, 0.1) is 5.92 Å². The van der Waals surface area contributed by atoms with E-state index in [4.69, 9.17) is 15.6 Å². The zero-order valence-electron chi connectivity index (χ0n) is 5.29. The highest BCUT2D eigenvalue weighted by molar-refractivity contribution is 5.32. The van der Waals surface area contributed by atoms with Crippen LogP contribution in [0.3, 0.4) is 0 Å². The second-order valence-corrected chi connectivity index (χ2v) is 1.73. The first kappa shape index (κ1) is 10.4. The fourth-order valence-electron chi connectivity index (χ4n) is 0. The highest BCUT2D eigenvalue weighted by Gasteiger charge is 1.80. The molecule has 0 aromatic rings.